The van der Waals surface area contributed by atoms with Crippen molar-refractivity contribution >= 4 is 29.1 Å². The molecule has 3 unspecified atom stereocenters. The Kier molecular flexibility index (Phi) is 6.09. The van der Waals surface area contributed by atoms with E-state index >= 15 is 0 Å². The van der Waals surface area contributed by atoms with E-state index in [1.807, 2.05) is 25.1 Å². The predicted molar refractivity (Wildman–Crippen MR) is 115 cm³/mol. The van der Waals surface area contributed by atoms with Crippen LogP contribution in [0.2, 0.25) is 5.02 Å². The van der Waals surface area contributed by atoms with Crippen LogP contribution in [0.4, 0.5) is 0 Å². The van der Waals surface area contributed by atoms with E-state index in [-0.39, 0.29) is 30.3 Å². The molecule has 1 saturated heterocycles. The van der Waals surface area contributed by atoms with Crippen LogP contribution >= 0.6 is 11.6 Å². The zero-order valence-corrected chi connectivity index (χ0v) is 18.1. The first-order chi connectivity index (χ1) is 14.4. The number of carbonyl (C=O) groups excluding carboxylic acids is 2. The largest absolute Gasteiger partial charge is 0.396 e. The summed E-state index contributed by atoms with van der Waals surface area (Å²) in [5.74, 6) is -0.742. The summed E-state index contributed by atoms with van der Waals surface area (Å²) in [5, 5.41) is 10.4. The summed E-state index contributed by atoms with van der Waals surface area (Å²) in [4.78, 5) is 31.5. The number of amides is 2. The lowest BCUT2D eigenvalue weighted by Gasteiger charge is -2.33. The molecule has 0 aliphatic carbocycles. The Bertz CT molecular complexity index is 933. The Morgan fingerprint density at radius 2 is 2.13 bits per heavy atom. The highest BCUT2D eigenvalue weighted by molar-refractivity contribution is 6.35. The van der Waals surface area contributed by atoms with E-state index in [0.717, 1.165) is 23.1 Å². The first-order valence-electron chi connectivity index (χ1n) is 10.5. The molecule has 1 fully saturated rings. The number of nitrogens with zero attached hydrogens (tertiary/aromatic N) is 2. The number of benzene rings is 1. The smallest absolute Gasteiger partial charge is 0.255 e. The molecule has 1 N–H and O–H groups in total. The van der Waals surface area contributed by atoms with Crippen molar-refractivity contribution in [3.05, 3.63) is 45.5 Å². The number of allylic oxidation sites excluding steroid dienone is 1. The van der Waals surface area contributed by atoms with Gasteiger partial charge in [0.05, 0.1) is 29.7 Å². The molecule has 0 bridgehead atoms. The summed E-state index contributed by atoms with van der Waals surface area (Å²) in [5.41, 5.74) is 3.84. The molecule has 1 aromatic carbocycles. The third kappa shape index (κ3) is 3.84. The minimum absolute atomic E-state index is 0.0393. The number of rotatable bonds is 5. The van der Waals surface area contributed by atoms with Crippen molar-refractivity contribution in [1.82, 2.24) is 4.90 Å². The molecular formula is C23H27ClN2O4. The molecule has 3 heterocycles. The first kappa shape index (κ1) is 21.2. The van der Waals surface area contributed by atoms with Gasteiger partial charge >= 0.3 is 0 Å². The number of carbonyl (C=O) groups is 2. The zero-order valence-electron chi connectivity index (χ0n) is 17.4. The number of aliphatic hydroxyl groups is 1. The van der Waals surface area contributed by atoms with Crippen LogP contribution in [-0.4, -0.2) is 60.4 Å². The monoisotopic (exact) mass is 430 g/mol. The van der Waals surface area contributed by atoms with Crippen molar-refractivity contribution in [2.45, 2.75) is 32.6 Å². The van der Waals surface area contributed by atoms with Gasteiger partial charge in [-0.25, -0.2) is 4.99 Å². The maximum absolute atomic E-state index is 13.4. The van der Waals surface area contributed by atoms with Crippen LogP contribution in [0.15, 0.2) is 28.8 Å². The summed E-state index contributed by atoms with van der Waals surface area (Å²) < 4.78 is 5.49. The lowest BCUT2D eigenvalue weighted by atomic mass is 9.83. The van der Waals surface area contributed by atoms with Gasteiger partial charge in [0.1, 0.15) is 0 Å². The van der Waals surface area contributed by atoms with Gasteiger partial charge < -0.3 is 14.7 Å². The summed E-state index contributed by atoms with van der Waals surface area (Å²) in [6.45, 7) is 5.78. The second-order valence-corrected chi connectivity index (χ2v) is 8.83. The number of aliphatic hydroxyl groups excluding tert-OH is 1. The third-order valence-electron chi connectivity index (χ3n) is 6.51. The first-order valence-corrected chi connectivity index (χ1v) is 10.8. The van der Waals surface area contributed by atoms with Gasteiger partial charge in [0.2, 0.25) is 0 Å². The quantitative estimate of drug-likeness (QED) is 0.778. The molecular weight excluding hydrogens is 404 g/mol. The van der Waals surface area contributed by atoms with E-state index in [0.29, 0.717) is 49.0 Å². The fourth-order valence-corrected chi connectivity index (χ4v) is 5.18. The Hall–Kier alpha value is -2.02. The van der Waals surface area contributed by atoms with E-state index < -0.39 is 5.92 Å². The maximum Gasteiger partial charge on any atom is 0.255 e. The minimum atomic E-state index is -0.415. The molecule has 3 atom stereocenters. The van der Waals surface area contributed by atoms with Crippen molar-refractivity contribution in [3.63, 3.8) is 0 Å². The van der Waals surface area contributed by atoms with Gasteiger partial charge in [-0.2, -0.15) is 0 Å². The summed E-state index contributed by atoms with van der Waals surface area (Å²) >= 11 is 6.76. The lowest BCUT2D eigenvalue weighted by molar-refractivity contribution is -0.120. The molecule has 1 aromatic rings. The highest BCUT2D eigenvalue weighted by Crippen LogP contribution is 2.39. The van der Waals surface area contributed by atoms with Crippen molar-refractivity contribution in [2.24, 2.45) is 16.8 Å². The highest BCUT2D eigenvalue weighted by atomic mass is 35.5. The van der Waals surface area contributed by atoms with Gasteiger partial charge in [-0.3, -0.25) is 9.59 Å². The molecule has 0 radical (unpaired) electrons. The van der Waals surface area contributed by atoms with E-state index in [2.05, 4.69) is 4.99 Å². The normalized spacial score (nSPS) is 25.1. The number of fused-ring (bicyclic) bond motifs is 1. The van der Waals surface area contributed by atoms with Gasteiger partial charge in [-0.15, -0.1) is 0 Å². The Balaban J connectivity index is 1.61. The van der Waals surface area contributed by atoms with Crippen LogP contribution in [0, 0.1) is 11.8 Å². The summed E-state index contributed by atoms with van der Waals surface area (Å²) in [7, 11) is 0. The van der Waals surface area contributed by atoms with Crippen LogP contribution in [0.3, 0.4) is 0 Å². The van der Waals surface area contributed by atoms with Gasteiger partial charge in [0, 0.05) is 31.3 Å². The lowest BCUT2D eigenvalue weighted by Crippen LogP contribution is -2.43. The highest BCUT2D eigenvalue weighted by Gasteiger charge is 2.35. The zero-order chi connectivity index (χ0) is 21.4. The molecule has 0 aromatic heterocycles. The van der Waals surface area contributed by atoms with Crippen molar-refractivity contribution < 1.29 is 19.4 Å². The van der Waals surface area contributed by atoms with Crippen LogP contribution in [0.5, 0.6) is 0 Å². The predicted octanol–water partition coefficient (Wildman–Crippen LogP) is 3.01. The number of hydrogen-bond donors (Lipinski definition) is 1. The van der Waals surface area contributed by atoms with E-state index in [1.54, 1.807) is 11.8 Å². The molecule has 2 amide bonds. The summed E-state index contributed by atoms with van der Waals surface area (Å²) in [6.07, 6.45) is 3.45. The molecule has 0 saturated carbocycles. The van der Waals surface area contributed by atoms with Gasteiger partial charge in [0.15, 0.2) is 0 Å². The molecule has 6 nitrogen and oxygen atoms in total. The number of dihydropyridines is 1. The second kappa shape index (κ2) is 8.61. The molecule has 30 heavy (non-hydrogen) atoms. The Morgan fingerprint density at radius 3 is 2.80 bits per heavy atom. The minimum Gasteiger partial charge on any atom is -0.396 e. The average molecular weight is 431 g/mol. The van der Waals surface area contributed by atoms with Gasteiger partial charge in [0.25, 0.3) is 11.8 Å². The third-order valence-corrected chi connectivity index (χ3v) is 6.92. The number of ether oxygens (including phenoxy) is 1. The van der Waals surface area contributed by atoms with Crippen molar-refractivity contribution in [3.8, 4) is 0 Å². The second-order valence-electron chi connectivity index (χ2n) is 8.45. The van der Waals surface area contributed by atoms with Crippen LogP contribution in [0.25, 0.3) is 0 Å². The molecule has 7 heteroatoms. The Labute approximate surface area is 181 Å². The molecule has 0 spiro atoms. The molecule has 3 aliphatic rings. The average Bonchev–Trinajstić information content (AvgIpc) is 3.22. The van der Waals surface area contributed by atoms with E-state index in [9.17, 15) is 14.7 Å². The van der Waals surface area contributed by atoms with E-state index in [1.165, 1.54) is 0 Å². The topological polar surface area (TPSA) is 79.2 Å². The molecule has 160 valence electrons. The van der Waals surface area contributed by atoms with Crippen molar-refractivity contribution in [2.75, 3.05) is 32.9 Å². The Morgan fingerprint density at radius 1 is 1.33 bits per heavy atom. The van der Waals surface area contributed by atoms with Crippen LogP contribution in [0.1, 0.15) is 47.7 Å². The standard InChI is InChI=1S/C23H27ClN2O4/c1-13-9-14(2)25-22(28)18(13)10-26-7-5-15-3-4-17(21(24)20(15)23(26)29)19(11-27)16-6-8-30-12-16/h3-4,9,16,18-19,27H,5-8,10-12H2,1-2H3. The van der Waals surface area contributed by atoms with Crippen LogP contribution in [-0.2, 0) is 16.0 Å². The van der Waals surface area contributed by atoms with Crippen molar-refractivity contribution in [1.29, 1.82) is 0 Å². The maximum atomic E-state index is 13.4. The fraction of sp³-hybridized carbons (Fsp3) is 0.522. The van der Waals surface area contributed by atoms with E-state index in [4.69, 9.17) is 16.3 Å². The summed E-state index contributed by atoms with van der Waals surface area (Å²) in [6, 6.07) is 3.90. The number of aliphatic imine (C=N–C) groups is 1. The van der Waals surface area contributed by atoms with Gasteiger partial charge in [-0.1, -0.05) is 29.3 Å². The van der Waals surface area contributed by atoms with Crippen LogP contribution < -0.4 is 0 Å². The molecule has 3 aliphatic heterocycles. The SMILES string of the molecule is CC1=CC(C)=NC(=O)C1CN1CCc2ccc(C(CO)C3CCOC3)c(Cl)c2C1=O. The number of halogens is 1. The fourth-order valence-electron chi connectivity index (χ4n) is 4.77. The van der Waals surface area contributed by atoms with Gasteiger partial charge in [-0.05, 0) is 49.8 Å². The molecule has 4 rings (SSSR count). The number of hydrogen-bond acceptors (Lipinski definition) is 4.